The summed E-state index contributed by atoms with van der Waals surface area (Å²) in [7, 11) is -0.906. The third-order valence-corrected chi connectivity index (χ3v) is 6.41. The lowest BCUT2D eigenvalue weighted by molar-refractivity contribution is 0.0693. The Bertz CT molecular complexity index is 981. The van der Waals surface area contributed by atoms with Crippen molar-refractivity contribution in [2.75, 3.05) is 14.1 Å². The van der Waals surface area contributed by atoms with Gasteiger partial charge in [-0.25, -0.2) is 8.42 Å². The number of hydrogen-bond donors (Lipinski definition) is 0. The molecule has 1 aliphatic heterocycles. The summed E-state index contributed by atoms with van der Waals surface area (Å²) >= 11 is 0. The van der Waals surface area contributed by atoms with Crippen LogP contribution in [0.3, 0.4) is 0 Å². The first-order valence-electron chi connectivity index (χ1n) is 8.26. The minimum atomic E-state index is -3.78. The molecule has 26 heavy (non-hydrogen) atoms. The molecule has 0 radical (unpaired) electrons. The SMILES string of the molecule is CCc1ccc(CN(C)S(=O)(=O)c2ccc3c(c2)C(=O)N(C)C3=O)cc1. The summed E-state index contributed by atoms with van der Waals surface area (Å²) in [5, 5.41) is 0. The number of nitrogens with zero attached hydrogens (tertiary/aromatic N) is 2. The lowest BCUT2D eigenvalue weighted by atomic mass is 10.1. The van der Waals surface area contributed by atoms with Crippen molar-refractivity contribution >= 4 is 21.8 Å². The van der Waals surface area contributed by atoms with E-state index in [1.54, 1.807) is 0 Å². The smallest absolute Gasteiger partial charge is 0.261 e. The summed E-state index contributed by atoms with van der Waals surface area (Å²) in [6, 6.07) is 11.8. The molecule has 0 aromatic heterocycles. The average molecular weight is 372 g/mol. The summed E-state index contributed by atoms with van der Waals surface area (Å²) in [6.45, 7) is 2.28. The molecule has 0 bridgehead atoms. The maximum Gasteiger partial charge on any atom is 0.261 e. The Morgan fingerprint density at radius 3 is 2.12 bits per heavy atom. The van der Waals surface area contributed by atoms with Crippen molar-refractivity contribution in [2.24, 2.45) is 0 Å². The molecule has 0 spiro atoms. The van der Waals surface area contributed by atoms with Gasteiger partial charge in [-0.3, -0.25) is 14.5 Å². The molecule has 0 saturated heterocycles. The molecule has 0 atom stereocenters. The lowest BCUT2D eigenvalue weighted by Gasteiger charge is -2.18. The molecule has 2 amide bonds. The number of carbonyl (C=O) groups excluding carboxylic acids is 2. The fourth-order valence-electron chi connectivity index (χ4n) is 2.90. The van der Waals surface area contributed by atoms with Crippen LogP contribution in [0.25, 0.3) is 0 Å². The van der Waals surface area contributed by atoms with Crippen molar-refractivity contribution in [3.05, 3.63) is 64.7 Å². The van der Waals surface area contributed by atoms with Gasteiger partial charge in [0.05, 0.1) is 16.0 Å². The van der Waals surface area contributed by atoms with Gasteiger partial charge in [0.2, 0.25) is 10.0 Å². The third-order valence-electron chi connectivity index (χ3n) is 4.61. The normalized spacial score (nSPS) is 14.2. The molecule has 2 aromatic carbocycles. The molecule has 1 heterocycles. The first-order chi connectivity index (χ1) is 12.3. The molecular formula is C19H20N2O4S. The van der Waals surface area contributed by atoms with Crippen LogP contribution in [-0.2, 0) is 23.0 Å². The Morgan fingerprint density at radius 1 is 0.923 bits per heavy atom. The monoisotopic (exact) mass is 372 g/mol. The van der Waals surface area contributed by atoms with Crippen LogP contribution in [0.5, 0.6) is 0 Å². The molecule has 0 N–H and O–H groups in total. The van der Waals surface area contributed by atoms with Crippen LogP contribution in [0, 0.1) is 0 Å². The minimum Gasteiger partial charge on any atom is -0.277 e. The summed E-state index contributed by atoms with van der Waals surface area (Å²) in [5.74, 6) is -0.904. The number of rotatable bonds is 5. The number of imide groups is 1. The maximum atomic E-state index is 12.8. The number of sulfonamides is 1. The molecule has 0 aliphatic carbocycles. The Hall–Kier alpha value is -2.51. The molecule has 7 heteroatoms. The van der Waals surface area contributed by atoms with Crippen LogP contribution >= 0.6 is 0 Å². The van der Waals surface area contributed by atoms with Crippen LogP contribution in [0.2, 0.25) is 0 Å². The molecule has 0 unspecified atom stereocenters. The van der Waals surface area contributed by atoms with Gasteiger partial charge in [-0.15, -0.1) is 0 Å². The highest BCUT2D eigenvalue weighted by Gasteiger charge is 2.34. The van der Waals surface area contributed by atoms with E-state index in [1.165, 1.54) is 42.2 Å². The van der Waals surface area contributed by atoms with Gasteiger partial charge in [-0.05, 0) is 35.7 Å². The largest absolute Gasteiger partial charge is 0.277 e. The van der Waals surface area contributed by atoms with Crippen molar-refractivity contribution < 1.29 is 18.0 Å². The highest BCUT2D eigenvalue weighted by atomic mass is 32.2. The van der Waals surface area contributed by atoms with E-state index in [-0.39, 0.29) is 22.6 Å². The quantitative estimate of drug-likeness (QED) is 0.755. The van der Waals surface area contributed by atoms with E-state index in [1.807, 2.05) is 24.3 Å². The number of fused-ring (bicyclic) bond motifs is 1. The zero-order chi connectivity index (χ0) is 19.1. The van der Waals surface area contributed by atoms with Crippen molar-refractivity contribution in [3.8, 4) is 0 Å². The van der Waals surface area contributed by atoms with E-state index >= 15 is 0 Å². The van der Waals surface area contributed by atoms with E-state index in [2.05, 4.69) is 6.92 Å². The number of carbonyl (C=O) groups is 2. The van der Waals surface area contributed by atoms with Crippen molar-refractivity contribution in [1.82, 2.24) is 9.21 Å². The Labute approximate surface area is 153 Å². The molecule has 2 aromatic rings. The lowest BCUT2D eigenvalue weighted by Crippen LogP contribution is -2.26. The highest BCUT2D eigenvalue weighted by Crippen LogP contribution is 2.26. The summed E-state index contributed by atoms with van der Waals surface area (Å²) < 4.78 is 26.9. The summed E-state index contributed by atoms with van der Waals surface area (Å²) in [5.41, 5.74) is 2.42. The second-order valence-corrected chi connectivity index (χ2v) is 8.35. The molecule has 0 fully saturated rings. The van der Waals surface area contributed by atoms with Gasteiger partial charge < -0.3 is 0 Å². The van der Waals surface area contributed by atoms with E-state index in [9.17, 15) is 18.0 Å². The van der Waals surface area contributed by atoms with Crippen LogP contribution < -0.4 is 0 Å². The van der Waals surface area contributed by atoms with E-state index in [0.29, 0.717) is 0 Å². The zero-order valence-electron chi connectivity index (χ0n) is 14.9. The third kappa shape index (κ3) is 3.04. The van der Waals surface area contributed by atoms with Crippen LogP contribution in [0.1, 0.15) is 38.8 Å². The second-order valence-electron chi connectivity index (χ2n) is 6.31. The van der Waals surface area contributed by atoms with Gasteiger partial charge in [0.15, 0.2) is 0 Å². The van der Waals surface area contributed by atoms with Crippen LogP contribution in [-0.4, -0.2) is 43.5 Å². The highest BCUT2D eigenvalue weighted by molar-refractivity contribution is 7.89. The Balaban J connectivity index is 1.88. The zero-order valence-corrected chi connectivity index (χ0v) is 15.7. The fourth-order valence-corrected chi connectivity index (χ4v) is 4.09. The van der Waals surface area contributed by atoms with E-state index < -0.39 is 21.8 Å². The molecule has 0 saturated carbocycles. The molecule has 1 aliphatic rings. The summed E-state index contributed by atoms with van der Waals surface area (Å²) in [4.78, 5) is 25.0. The topological polar surface area (TPSA) is 74.8 Å². The van der Waals surface area contributed by atoms with Crippen molar-refractivity contribution in [2.45, 2.75) is 24.8 Å². The molecule has 3 rings (SSSR count). The van der Waals surface area contributed by atoms with Crippen LogP contribution in [0.4, 0.5) is 0 Å². The van der Waals surface area contributed by atoms with Crippen LogP contribution in [0.15, 0.2) is 47.4 Å². The van der Waals surface area contributed by atoms with Crippen molar-refractivity contribution in [1.29, 1.82) is 0 Å². The van der Waals surface area contributed by atoms with E-state index in [4.69, 9.17) is 0 Å². The van der Waals surface area contributed by atoms with Crippen molar-refractivity contribution in [3.63, 3.8) is 0 Å². The number of benzene rings is 2. The predicted octanol–water partition coefficient (Wildman–Crippen LogP) is 2.30. The predicted molar refractivity (Wildman–Crippen MR) is 97.3 cm³/mol. The van der Waals surface area contributed by atoms with Gasteiger partial charge >= 0.3 is 0 Å². The van der Waals surface area contributed by atoms with Gasteiger partial charge in [0.25, 0.3) is 11.8 Å². The summed E-state index contributed by atoms with van der Waals surface area (Å²) in [6.07, 6.45) is 0.921. The maximum absolute atomic E-state index is 12.8. The van der Waals surface area contributed by atoms with Gasteiger partial charge in [-0.2, -0.15) is 4.31 Å². The first-order valence-corrected chi connectivity index (χ1v) is 9.70. The van der Waals surface area contributed by atoms with E-state index in [0.717, 1.165) is 16.9 Å². The molecule has 6 nitrogen and oxygen atoms in total. The first kappa shape index (κ1) is 18.3. The number of hydrogen-bond acceptors (Lipinski definition) is 4. The fraction of sp³-hybridized carbons (Fsp3) is 0.263. The second kappa shape index (κ2) is 6.66. The Kier molecular flexibility index (Phi) is 4.68. The van der Waals surface area contributed by atoms with Gasteiger partial charge in [-0.1, -0.05) is 31.2 Å². The standard InChI is InChI=1S/C19H20N2O4S/c1-4-13-5-7-14(8-6-13)12-20(2)26(24,25)15-9-10-16-17(11-15)19(23)21(3)18(16)22/h5-11H,4,12H2,1-3H3. The van der Waals surface area contributed by atoms with Gasteiger partial charge in [0.1, 0.15) is 0 Å². The minimum absolute atomic E-state index is 0.000350. The Morgan fingerprint density at radius 2 is 1.50 bits per heavy atom. The molecule has 136 valence electrons. The number of amides is 2. The van der Waals surface area contributed by atoms with Gasteiger partial charge in [0, 0.05) is 20.6 Å². The molecular weight excluding hydrogens is 352 g/mol. The number of aryl methyl sites for hydroxylation is 1. The average Bonchev–Trinajstić information content (AvgIpc) is 2.86.